The maximum absolute atomic E-state index is 13.6. The zero-order chi connectivity index (χ0) is 15.2. The van der Waals surface area contributed by atoms with Gasteiger partial charge in [0.15, 0.2) is 0 Å². The highest BCUT2D eigenvalue weighted by atomic mass is 35.5. The molecule has 1 aromatic carbocycles. The minimum atomic E-state index is -0.261. The number of halogens is 2. The maximum Gasteiger partial charge on any atom is 0.129 e. The average Bonchev–Trinajstić information content (AvgIpc) is 2.43. The first-order valence-electron chi connectivity index (χ1n) is 7.60. The summed E-state index contributed by atoms with van der Waals surface area (Å²) in [6.07, 6.45) is 1.97. The number of rotatable bonds is 6. The molecule has 0 bridgehead atoms. The molecule has 0 unspecified atom stereocenters. The third kappa shape index (κ3) is 5.22. The quantitative estimate of drug-likeness (QED) is 0.847. The van der Waals surface area contributed by atoms with Gasteiger partial charge in [-0.15, -0.1) is 0 Å². The predicted molar refractivity (Wildman–Crippen MR) is 84.0 cm³/mol. The normalized spacial score (nSPS) is 18.9. The Morgan fingerprint density at radius 2 is 2.14 bits per heavy atom. The number of hydrogen-bond acceptors (Lipinski definition) is 3. The Bertz CT molecular complexity index is 428. The summed E-state index contributed by atoms with van der Waals surface area (Å²) in [5.74, 6) is 0.363. The summed E-state index contributed by atoms with van der Waals surface area (Å²) in [4.78, 5) is 2.30. The second kappa shape index (κ2) is 8.08. The van der Waals surface area contributed by atoms with Gasteiger partial charge in [-0.3, -0.25) is 0 Å². The van der Waals surface area contributed by atoms with Crippen molar-refractivity contribution in [3.8, 4) is 0 Å². The monoisotopic (exact) mass is 314 g/mol. The molecule has 118 valence electrons. The van der Waals surface area contributed by atoms with Gasteiger partial charge in [0.1, 0.15) is 5.82 Å². The van der Waals surface area contributed by atoms with E-state index in [9.17, 15) is 9.50 Å². The number of aliphatic hydroxyl groups excluding tert-OH is 1. The van der Waals surface area contributed by atoms with Gasteiger partial charge in [0.25, 0.3) is 0 Å². The van der Waals surface area contributed by atoms with Crippen molar-refractivity contribution in [3.63, 3.8) is 0 Å². The third-order valence-electron chi connectivity index (χ3n) is 4.03. The lowest BCUT2D eigenvalue weighted by atomic mass is 9.96. The van der Waals surface area contributed by atoms with Crippen molar-refractivity contribution < 1.29 is 9.50 Å². The van der Waals surface area contributed by atoms with Crippen LogP contribution in [0, 0.1) is 11.7 Å². The van der Waals surface area contributed by atoms with E-state index in [1.54, 1.807) is 12.1 Å². The fourth-order valence-corrected chi connectivity index (χ4v) is 3.08. The Hall–Kier alpha value is -0.680. The fraction of sp³-hybridized carbons (Fsp3) is 0.625. The summed E-state index contributed by atoms with van der Waals surface area (Å²) in [6.45, 7) is 5.98. The van der Waals surface area contributed by atoms with Crippen LogP contribution in [0.1, 0.15) is 25.3 Å². The summed E-state index contributed by atoms with van der Waals surface area (Å²) >= 11 is 6.01. The Morgan fingerprint density at radius 3 is 2.76 bits per heavy atom. The molecule has 0 radical (unpaired) electrons. The van der Waals surface area contributed by atoms with Gasteiger partial charge in [-0.2, -0.15) is 0 Å². The Morgan fingerprint density at radius 1 is 1.43 bits per heavy atom. The molecule has 2 N–H and O–H groups in total. The molecule has 1 aliphatic heterocycles. The third-order valence-corrected chi connectivity index (χ3v) is 4.38. The predicted octanol–water partition coefficient (Wildman–Crippen LogP) is 2.66. The van der Waals surface area contributed by atoms with E-state index in [0.717, 1.165) is 39.0 Å². The van der Waals surface area contributed by atoms with Crippen LogP contribution in [-0.4, -0.2) is 42.3 Å². The molecule has 0 amide bonds. The van der Waals surface area contributed by atoms with Crippen LogP contribution in [0.15, 0.2) is 18.2 Å². The van der Waals surface area contributed by atoms with E-state index < -0.39 is 0 Å². The number of hydrogen-bond donors (Lipinski definition) is 2. The molecule has 0 spiro atoms. The van der Waals surface area contributed by atoms with E-state index in [2.05, 4.69) is 10.2 Å². The molecule has 2 rings (SSSR count). The number of nitrogens with one attached hydrogen (secondary N) is 1. The Labute approximate surface area is 131 Å². The second-order valence-corrected chi connectivity index (χ2v) is 6.33. The van der Waals surface area contributed by atoms with Crippen LogP contribution in [0.3, 0.4) is 0 Å². The highest BCUT2D eigenvalue weighted by molar-refractivity contribution is 6.31. The molecular weight excluding hydrogens is 291 g/mol. The van der Waals surface area contributed by atoms with Crippen molar-refractivity contribution in [1.29, 1.82) is 0 Å². The van der Waals surface area contributed by atoms with E-state index >= 15 is 0 Å². The second-order valence-electron chi connectivity index (χ2n) is 5.92. The number of nitrogens with zero attached hydrogens (tertiary/aromatic N) is 1. The lowest BCUT2D eigenvalue weighted by Crippen LogP contribution is -2.40. The molecule has 1 aliphatic rings. The number of benzene rings is 1. The van der Waals surface area contributed by atoms with E-state index in [0.29, 0.717) is 23.0 Å². The maximum atomic E-state index is 13.6. The van der Waals surface area contributed by atoms with Crippen LogP contribution >= 0.6 is 11.6 Å². The number of likely N-dealkylation sites (tertiary alicyclic amines) is 1. The minimum Gasteiger partial charge on any atom is -0.392 e. The number of piperidine rings is 1. The van der Waals surface area contributed by atoms with E-state index in [-0.39, 0.29) is 11.9 Å². The molecule has 5 heteroatoms. The van der Waals surface area contributed by atoms with Gasteiger partial charge in [0, 0.05) is 23.7 Å². The van der Waals surface area contributed by atoms with Crippen molar-refractivity contribution in [3.05, 3.63) is 34.6 Å². The molecule has 3 nitrogen and oxygen atoms in total. The Balaban J connectivity index is 1.71. The smallest absolute Gasteiger partial charge is 0.129 e. The van der Waals surface area contributed by atoms with Crippen LogP contribution in [0.5, 0.6) is 0 Å². The lowest BCUT2D eigenvalue weighted by Gasteiger charge is -2.32. The largest absolute Gasteiger partial charge is 0.392 e. The van der Waals surface area contributed by atoms with Gasteiger partial charge in [-0.25, -0.2) is 4.39 Å². The summed E-state index contributed by atoms with van der Waals surface area (Å²) < 4.78 is 13.6. The lowest BCUT2D eigenvalue weighted by molar-refractivity contribution is 0.0998. The number of β-amino-alcohol motifs (C(OH)–C–C–N with tert-alkyl or cyclic N) is 1. The highest BCUT2D eigenvalue weighted by Crippen LogP contribution is 2.20. The molecule has 0 saturated carbocycles. The van der Waals surface area contributed by atoms with Crippen molar-refractivity contribution in [2.24, 2.45) is 5.92 Å². The van der Waals surface area contributed by atoms with Gasteiger partial charge in [0.2, 0.25) is 0 Å². The summed E-state index contributed by atoms with van der Waals surface area (Å²) in [5, 5.41) is 13.2. The van der Waals surface area contributed by atoms with Crippen molar-refractivity contribution in [2.45, 2.75) is 32.4 Å². The first kappa shape index (κ1) is 16.7. The molecule has 1 atom stereocenters. The Kier molecular flexibility index (Phi) is 6.42. The van der Waals surface area contributed by atoms with Gasteiger partial charge < -0.3 is 15.3 Å². The van der Waals surface area contributed by atoms with Gasteiger partial charge in [-0.05, 0) is 57.5 Å². The molecule has 0 aliphatic carbocycles. The van der Waals surface area contributed by atoms with Gasteiger partial charge >= 0.3 is 0 Å². The van der Waals surface area contributed by atoms with Crippen LogP contribution in [0.2, 0.25) is 5.02 Å². The van der Waals surface area contributed by atoms with Crippen LogP contribution in [0.25, 0.3) is 0 Å². The van der Waals surface area contributed by atoms with E-state index in [4.69, 9.17) is 11.6 Å². The summed E-state index contributed by atoms with van der Waals surface area (Å²) in [5.41, 5.74) is 0.547. The van der Waals surface area contributed by atoms with E-state index in [1.165, 1.54) is 6.07 Å². The molecule has 1 saturated heterocycles. The fourth-order valence-electron chi connectivity index (χ4n) is 2.85. The van der Waals surface area contributed by atoms with Gasteiger partial charge in [-0.1, -0.05) is 17.7 Å². The minimum absolute atomic E-state index is 0.248. The summed E-state index contributed by atoms with van der Waals surface area (Å²) in [7, 11) is 0. The van der Waals surface area contributed by atoms with Crippen LogP contribution < -0.4 is 5.32 Å². The molecule has 0 aromatic heterocycles. The molecule has 1 aromatic rings. The topological polar surface area (TPSA) is 35.5 Å². The molecular formula is C16H24ClFN2O. The molecule has 21 heavy (non-hydrogen) atoms. The zero-order valence-corrected chi connectivity index (χ0v) is 13.2. The molecule has 1 heterocycles. The SMILES string of the molecule is C[C@@H](O)CN1CCC(CNCc2c(F)cccc2Cl)CC1. The standard InChI is InChI=1S/C16H24ClFN2O/c1-12(21)11-20-7-5-13(6-8-20)9-19-10-14-15(17)3-2-4-16(14)18/h2-4,12-13,19,21H,5-11H2,1H3/t12-/m1/s1. The van der Waals surface area contributed by atoms with Crippen LogP contribution in [-0.2, 0) is 6.54 Å². The number of aliphatic hydroxyl groups is 1. The van der Waals surface area contributed by atoms with Gasteiger partial charge in [0.05, 0.1) is 6.10 Å². The average molecular weight is 315 g/mol. The van der Waals surface area contributed by atoms with E-state index in [1.807, 2.05) is 6.92 Å². The first-order chi connectivity index (χ1) is 10.1. The zero-order valence-electron chi connectivity index (χ0n) is 12.5. The van der Waals surface area contributed by atoms with Crippen molar-refractivity contribution in [1.82, 2.24) is 10.2 Å². The molecule has 1 fully saturated rings. The van der Waals surface area contributed by atoms with Crippen molar-refractivity contribution >= 4 is 11.6 Å². The summed E-state index contributed by atoms with van der Waals surface area (Å²) in [6, 6.07) is 4.78. The van der Waals surface area contributed by atoms with Crippen molar-refractivity contribution in [2.75, 3.05) is 26.2 Å². The van der Waals surface area contributed by atoms with Crippen LogP contribution in [0.4, 0.5) is 4.39 Å². The first-order valence-corrected chi connectivity index (χ1v) is 7.98. The highest BCUT2D eigenvalue weighted by Gasteiger charge is 2.19.